The third-order valence-electron chi connectivity index (χ3n) is 6.54. The molecule has 35 heavy (non-hydrogen) atoms. The average Bonchev–Trinajstić information content (AvgIpc) is 3.25. The minimum Gasteiger partial charge on any atom is -0.479 e. The summed E-state index contributed by atoms with van der Waals surface area (Å²) in [5.74, 6) is 0.427. The van der Waals surface area contributed by atoms with Crippen molar-refractivity contribution < 1.29 is 19.1 Å². The molecule has 182 valence electrons. The second-order valence-corrected chi connectivity index (χ2v) is 9.87. The zero-order chi connectivity index (χ0) is 24.5. The van der Waals surface area contributed by atoms with Crippen LogP contribution in [-0.4, -0.2) is 39.7 Å². The standard InChI is InChI=1S/C25H24Cl2N4O4/c26-14-4-8-21-17(9-14)20(32)11-22(35-21)25(34)29-16-5-1-13(2-6-16)24(33)28-12-23-30-18-7-3-15(27)10-19(18)31-23/h3-4,7-10,13,16,22H,1-2,5-6,11-12H2,(H,28,33)(H,29,34)(H,30,31)/t13-,16-,22?. The molecule has 2 amide bonds. The van der Waals surface area contributed by atoms with Crippen LogP contribution in [0.2, 0.25) is 10.0 Å². The topological polar surface area (TPSA) is 113 Å². The van der Waals surface area contributed by atoms with Crippen LogP contribution < -0.4 is 15.4 Å². The normalized spacial score (nSPS) is 21.8. The Morgan fingerprint density at radius 3 is 2.57 bits per heavy atom. The molecule has 1 aliphatic heterocycles. The molecule has 3 aromatic rings. The van der Waals surface area contributed by atoms with Crippen LogP contribution in [0.15, 0.2) is 36.4 Å². The smallest absolute Gasteiger partial charge is 0.261 e. The summed E-state index contributed by atoms with van der Waals surface area (Å²) < 4.78 is 5.75. The Morgan fingerprint density at radius 1 is 1.03 bits per heavy atom. The Hall–Kier alpha value is -3.10. The Labute approximate surface area is 211 Å². The van der Waals surface area contributed by atoms with Crippen LogP contribution in [0.1, 0.15) is 48.3 Å². The molecule has 1 atom stereocenters. The molecule has 1 aromatic heterocycles. The van der Waals surface area contributed by atoms with Gasteiger partial charge in [0, 0.05) is 22.0 Å². The van der Waals surface area contributed by atoms with Crippen molar-refractivity contribution in [2.75, 3.05) is 0 Å². The van der Waals surface area contributed by atoms with Crippen LogP contribution in [0.5, 0.6) is 5.75 Å². The molecule has 2 heterocycles. The maximum absolute atomic E-state index is 12.7. The van der Waals surface area contributed by atoms with E-state index in [1.54, 1.807) is 30.3 Å². The highest BCUT2D eigenvalue weighted by molar-refractivity contribution is 6.31. The number of benzene rings is 2. The highest BCUT2D eigenvalue weighted by Crippen LogP contribution is 2.31. The van der Waals surface area contributed by atoms with Gasteiger partial charge in [-0.1, -0.05) is 23.2 Å². The van der Waals surface area contributed by atoms with E-state index in [1.165, 1.54) is 0 Å². The predicted octanol–water partition coefficient (Wildman–Crippen LogP) is 4.19. The van der Waals surface area contributed by atoms with Gasteiger partial charge in [-0.3, -0.25) is 14.4 Å². The van der Waals surface area contributed by atoms with Crippen molar-refractivity contribution in [1.82, 2.24) is 20.6 Å². The molecule has 1 unspecified atom stereocenters. The van der Waals surface area contributed by atoms with Crippen molar-refractivity contribution in [2.45, 2.75) is 50.8 Å². The second-order valence-electron chi connectivity index (χ2n) is 8.99. The molecule has 0 spiro atoms. The Morgan fingerprint density at radius 2 is 1.77 bits per heavy atom. The number of nitrogens with zero attached hydrogens (tertiary/aromatic N) is 1. The van der Waals surface area contributed by atoms with Gasteiger partial charge in [-0.15, -0.1) is 0 Å². The molecule has 3 N–H and O–H groups in total. The third kappa shape index (κ3) is 5.28. The van der Waals surface area contributed by atoms with Gasteiger partial charge in [-0.25, -0.2) is 4.98 Å². The van der Waals surface area contributed by atoms with E-state index in [4.69, 9.17) is 27.9 Å². The zero-order valence-electron chi connectivity index (χ0n) is 18.8. The predicted molar refractivity (Wildman–Crippen MR) is 132 cm³/mol. The summed E-state index contributed by atoms with van der Waals surface area (Å²) >= 11 is 12.0. The summed E-state index contributed by atoms with van der Waals surface area (Å²) in [5, 5.41) is 7.01. The van der Waals surface area contributed by atoms with E-state index in [2.05, 4.69) is 20.6 Å². The van der Waals surface area contributed by atoms with Crippen molar-refractivity contribution in [1.29, 1.82) is 0 Å². The largest absolute Gasteiger partial charge is 0.479 e. The zero-order valence-corrected chi connectivity index (χ0v) is 20.3. The fourth-order valence-electron chi connectivity index (χ4n) is 4.67. The maximum Gasteiger partial charge on any atom is 0.261 e. The van der Waals surface area contributed by atoms with Crippen LogP contribution in [0.25, 0.3) is 11.0 Å². The van der Waals surface area contributed by atoms with Gasteiger partial charge in [0.2, 0.25) is 5.91 Å². The molecular weight excluding hydrogens is 491 g/mol. The molecule has 1 saturated carbocycles. The molecule has 8 nitrogen and oxygen atoms in total. The lowest BCUT2D eigenvalue weighted by molar-refractivity contribution is -0.129. The number of fused-ring (bicyclic) bond motifs is 2. The molecule has 5 rings (SSSR count). The van der Waals surface area contributed by atoms with Gasteiger partial charge in [0.05, 0.1) is 29.6 Å². The third-order valence-corrected chi connectivity index (χ3v) is 7.01. The first kappa shape index (κ1) is 23.6. The van der Waals surface area contributed by atoms with Gasteiger partial charge in [0.25, 0.3) is 5.91 Å². The number of aromatic nitrogens is 2. The van der Waals surface area contributed by atoms with Crippen LogP contribution in [0, 0.1) is 5.92 Å². The quantitative estimate of drug-likeness (QED) is 0.472. The van der Waals surface area contributed by atoms with Crippen molar-refractivity contribution in [2.24, 2.45) is 5.92 Å². The lowest BCUT2D eigenvalue weighted by atomic mass is 9.85. The number of ether oxygens (including phenoxy) is 1. The van der Waals surface area contributed by atoms with Crippen molar-refractivity contribution in [3.05, 3.63) is 57.8 Å². The molecule has 0 bridgehead atoms. The number of hydrogen-bond donors (Lipinski definition) is 3. The van der Waals surface area contributed by atoms with Crippen LogP contribution in [0.3, 0.4) is 0 Å². The summed E-state index contributed by atoms with van der Waals surface area (Å²) in [6.07, 6.45) is 1.80. The highest BCUT2D eigenvalue weighted by Gasteiger charge is 2.34. The molecule has 0 saturated heterocycles. The van der Waals surface area contributed by atoms with Crippen molar-refractivity contribution in [3.63, 3.8) is 0 Å². The lowest BCUT2D eigenvalue weighted by Crippen LogP contribution is -2.47. The number of nitrogens with one attached hydrogen (secondary N) is 3. The van der Waals surface area contributed by atoms with Gasteiger partial charge < -0.3 is 20.4 Å². The number of aromatic amines is 1. The minimum atomic E-state index is -0.865. The number of rotatable bonds is 5. The van der Waals surface area contributed by atoms with Crippen molar-refractivity contribution >= 4 is 51.8 Å². The fraction of sp³-hybridized carbons (Fsp3) is 0.360. The van der Waals surface area contributed by atoms with Gasteiger partial charge >= 0.3 is 0 Å². The number of carbonyl (C=O) groups excluding carboxylic acids is 3. The average molecular weight is 515 g/mol. The Bertz CT molecular complexity index is 1300. The molecule has 2 aromatic carbocycles. The second kappa shape index (κ2) is 9.87. The minimum absolute atomic E-state index is 0.0229. The Balaban J connectivity index is 1.09. The first-order valence-corrected chi connectivity index (χ1v) is 12.3. The molecular formula is C25H24Cl2N4O4. The lowest BCUT2D eigenvalue weighted by Gasteiger charge is -2.30. The molecule has 1 fully saturated rings. The summed E-state index contributed by atoms with van der Waals surface area (Å²) in [4.78, 5) is 45.5. The number of Topliss-reactive ketones (excluding diaryl/α,β-unsaturated/α-hetero) is 1. The van der Waals surface area contributed by atoms with Gasteiger partial charge in [-0.2, -0.15) is 0 Å². The van der Waals surface area contributed by atoms with Gasteiger partial charge in [-0.05, 0) is 62.1 Å². The number of carbonyl (C=O) groups is 3. The van der Waals surface area contributed by atoms with E-state index >= 15 is 0 Å². The number of halogens is 2. The molecule has 2 aliphatic rings. The highest BCUT2D eigenvalue weighted by atomic mass is 35.5. The van der Waals surface area contributed by atoms with Crippen molar-refractivity contribution in [3.8, 4) is 5.75 Å². The van der Waals surface area contributed by atoms with E-state index < -0.39 is 6.10 Å². The van der Waals surface area contributed by atoms with Gasteiger partial charge in [0.1, 0.15) is 11.6 Å². The van der Waals surface area contributed by atoms with E-state index in [0.29, 0.717) is 59.4 Å². The molecule has 10 heteroatoms. The van der Waals surface area contributed by atoms with Crippen LogP contribution in [-0.2, 0) is 16.1 Å². The van der Waals surface area contributed by atoms with E-state index in [1.807, 2.05) is 6.07 Å². The summed E-state index contributed by atoms with van der Waals surface area (Å²) in [5.41, 5.74) is 2.03. The van der Waals surface area contributed by atoms with E-state index in [0.717, 1.165) is 11.0 Å². The number of hydrogen-bond acceptors (Lipinski definition) is 5. The monoisotopic (exact) mass is 514 g/mol. The number of imidazole rings is 1. The van der Waals surface area contributed by atoms with Crippen LogP contribution >= 0.6 is 23.2 Å². The fourth-order valence-corrected chi connectivity index (χ4v) is 5.01. The maximum atomic E-state index is 12.7. The molecule has 1 aliphatic carbocycles. The number of amides is 2. The number of ketones is 1. The summed E-state index contributed by atoms with van der Waals surface area (Å²) in [6.45, 7) is 0.307. The SMILES string of the molecule is O=C1CC(C(=O)N[C@H]2CC[C@H](C(=O)NCc3nc4ccc(Cl)cc4[nH]3)CC2)Oc2ccc(Cl)cc21. The summed E-state index contributed by atoms with van der Waals surface area (Å²) in [7, 11) is 0. The molecule has 0 radical (unpaired) electrons. The van der Waals surface area contributed by atoms with Gasteiger partial charge in [0.15, 0.2) is 11.9 Å². The first-order valence-electron chi connectivity index (χ1n) is 11.6. The number of H-pyrrole nitrogens is 1. The first-order chi connectivity index (χ1) is 16.9. The van der Waals surface area contributed by atoms with Crippen LogP contribution in [0.4, 0.5) is 0 Å². The summed E-state index contributed by atoms with van der Waals surface area (Å²) in [6, 6.07) is 10.1. The van der Waals surface area contributed by atoms with E-state index in [9.17, 15) is 14.4 Å². The Kier molecular flexibility index (Phi) is 6.67. The van der Waals surface area contributed by atoms with E-state index in [-0.39, 0.29) is 36.0 Å².